The van der Waals surface area contributed by atoms with Crippen LogP contribution in [0.3, 0.4) is 0 Å². The van der Waals surface area contributed by atoms with Crippen LogP contribution in [-0.2, 0) is 16.1 Å². The minimum Gasteiger partial charge on any atom is -0.476 e. The standard InChI is InChI=1S/C23H28N4O3/c1-17(29)25-19-4-6-20(7-5-19)27-11-9-26(10-12-27)14-18-3-8-22-21(13-18)24-15-23(2,16-28)30-22/h3-8,13,16,24H,9-12,14-15H2,1-2H3,(H,25,29). The first kappa shape index (κ1) is 20.2. The van der Waals surface area contributed by atoms with E-state index >= 15 is 0 Å². The van der Waals surface area contributed by atoms with Crippen molar-refractivity contribution in [2.45, 2.75) is 26.0 Å². The van der Waals surface area contributed by atoms with Crippen LogP contribution in [0.1, 0.15) is 19.4 Å². The molecule has 4 rings (SSSR count). The Morgan fingerprint density at radius 3 is 2.57 bits per heavy atom. The number of nitrogens with one attached hydrogen (secondary N) is 2. The lowest BCUT2D eigenvalue weighted by molar-refractivity contribution is -0.119. The molecule has 2 aromatic carbocycles. The maximum absolute atomic E-state index is 11.2. The highest BCUT2D eigenvalue weighted by Crippen LogP contribution is 2.33. The van der Waals surface area contributed by atoms with Crippen LogP contribution in [0.15, 0.2) is 42.5 Å². The lowest BCUT2D eigenvalue weighted by Crippen LogP contribution is -2.46. The Kier molecular flexibility index (Phi) is 5.63. The molecular formula is C23H28N4O3. The van der Waals surface area contributed by atoms with Gasteiger partial charge in [0.15, 0.2) is 11.9 Å². The van der Waals surface area contributed by atoms with Crippen molar-refractivity contribution in [1.82, 2.24) is 4.90 Å². The third-order valence-corrected chi connectivity index (χ3v) is 5.60. The first-order valence-corrected chi connectivity index (χ1v) is 10.3. The molecule has 30 heavy (non-hydrogen) atoms. The predicted octanol–water partition coefficient (Wildman–Crippen LogP) is 2.73. The zero-order valence-electron chi connectivity index (χ0n) is 17.5. The summed E-state index contributed by atoms with van der Waals surface area (Å²) in [5, 5.41) is 6.12. The van der Waals surface area contributed by atoms with E-state index in [1.54, 1.807) is 6.92 Å². The van der Waals surface area contributed by atoms with Gasteiger partial charge < -0.3 is 20.3 Å². The summed E-state index contributed by atoms with van der Waals surface area (Å²) in [4.78, 5) is 27.2. The van der Waals surface area contributed by atoms with E-state index in [0.717, 1.165) is 56.1 Å². The molecule has 1 amide bonds. The van der Waals surface area contributed by atoms with E-state index in [9.17, 15) is 9.59 Å². The zero-order valence-corrected chi connectivity index (χ0v) is 17.5. The number of rotatable bonds is 5. The molecule has 1 saturated heterocycles. The average molecular weight is 409 g/mol. The van der Waals surface area contributed by atoms with Gasteiger partial charge in [-0.25, -0.2) is 0 Å². The van der Waals surface area contributed by atoms with Crippen LogP contribution in [0.25, 0.3) is 0 Å². The van der Waals surface area contributed by atoms with E-state index in [0.29, 0.717) is 6.54 Å². The molecule has 0 saturated carbocycles. The third kappa shape index (κ3) is 4.57. The molecule has 0 spiro atoms. The first-order chi connectivity index (χ1) is 14.4. The van der Waals surface area contributed by atoms with Gasteiger partial charge in [-0.3, -0.25) is 14.5 Å². The molecule has 2 aromatic rings. The van der Waals surface area contributed by atoms with E-state index in [2.05, 4.69) is 44.7 Å². The van der Waals surface area contributed by atoms with Crippen LogP contribution in [0.2, 0.25) is 0 Å². The summed E-state index contributed by atoms with van der Waals surface area (Å²) in [5.74, 6) is 0.671. The quantitative estimate of drug-likeness (QED) is 0.741. The van der Waals surface area contributed by atoms with E-state index in [1.165, 1.54) is 18.2 Å². The zero-order chi connectivity index (χ0) is 21.1. The second-order valence-electron chi connectivity index (χ2n) is 8.21. The Bertz CT molecular complexity index is 923. The topological polar surface area (TPSA) is 73.9 Å². The number of hydrogen-bond acceptors (Lipinski definition) is 6. The number of nitrogens with zero attached hydrogens (tertiary/aromatic N) is 2. The molecule has 2 aliphatic heterocycles. The summed E-state index contributed by atoms with van der Waals surface area (Å²) in [6.45, 7) is 8.56. The van der Waals surface area contributed by atoms with E-state index in [-0.39, 0.29) is 5.91 Å². The van der Waals surface area contributed by atoms with Gasteiger partial charge in [-0.1, -0.05) is 6.07 Å². The molecular weight excluding hydrogens is 380 g/mol. The Labute approximate surface area is 177 Å². The van der Waals surface area contributed by atoms with Gasteiger partial charge in [0.1, 0.15) is 5.75 Å². The average Bonchev–Trinajstić information content (AvgIpc) is 2.75. The molecule has 158 valence electrons. The largest absolute Gasteiger partial charge is 0.476 e. The monoisotopic (exact) mass is 408 g/mol. The number of hydrogen-bond donors (Lipinski definition) is 2. The molecule has 7 heteroatoms. The second kappa shape index (κ2) is 8.36. The van der Waals surface area contributed by atoms with Crippen LogP contribution in [0.4, 0.5) is 17.1 Å². The van der Waals surface area contributed by atoms with E-state index in [4.69, 9.17) is 4.74 Å². The van der Waals surface area contributed by atoms with Crippen LogP contribution in [0.5, 0.6) is 5.75 Å². The van der Waals surface area contributed by atoms with Gasteiger partial charge >= 0.3 is 0 Å². The number of carbonyl (C=O) groups excluding carboxylic acids is 2. The van der Waals surface area contributed by atoms with E-state index in [1.807, 2.05) is 18.2 Å². The SMILES string of the molecule is CC(=O)Nc1ccc(N2CCN(Cc3ccc4c(c3)NCC(C)(C=O)O4)CC2)cc1. The molecule has 1 atom stereocenters. The molecule has 0 bridgehead atoms. The first-order valence-electron chi connectivity index (χ1n) is 10.3. The number of amides is 1. The number of benzene rings is 2. The van der Waals surface area contributed by atoms with Crippen molar-refractivity contribution in [2.24, 2.45) is 0 Å². The third-order valence-electron chi connectivity index (χ3n) is 5.60. The normalized spacial score (nSPS) is 21.2. The maximum atomic E-state index is 11.2. The van der Waals surface area contributed by atoms with Gasteiger partial charge in [-0.2, -0.15) is 0 Å². The molecule has 1 unspecified atom stereocenters. The fourth-order valence-electron chi connectivity index (χ4n) is 3.91. The van der Waals surface area contributed by atoms with Crippen molar-refractivity contribution in [3.05, 3.63) is 48.0 Å². The molecule has 2 heterocycles. The number of fused-ring (bicyclic) bond motifs is 1. The molecule has 2 N–H and O–H groups in total. The van der Waals surface area contributed by atoms with Crippen molar-refractivity contribution in [3.63, 3.8) is 0 Å². The second-order valence-corrected chi connectivity index (χ2v) is 8.21. The van der Waals surface area contributed by atoms with Crippen molar-refractivity contribution >= 4 is 29.3 Å². The van der Waals surface area contributed by atoms with Gasteiger partial charge in [0.25, 0.3) is 0 Å². The number of carbonyl (C=O) groups is 2. The van der Waals surface area contributed by atoms with Gasteiger partial charge in [-0.15, -0.1) is 0 Å². The summed E-state index contributed by atoms with van der Waals surface area (Å²) in [7, 11) is 0. The van der Waals surface area contributed by atoms with Crippen LogP contribution in [0, 0.1) is 0 Å². The highest BCUT2D eigenvalue weighted by Gasteiger charge is 2.31. The fourth-order valence-corrected chi connectivity index (χ4v) is 3.91. The smallest absolute Gasteiger partial charge is 0.221 e. The van der Waals surface area contributed by atoms with Gasteiger partial charge in [-0.05, 0) is 48.9 Å². The Morgan fingerprint density at radius 2 is 1.90 bits per heavy atom. The van der Waals surface area contributed by atoms with Crippen LogP contribution in [-0.4, -0.2) is 55.4 Å². The van der Waals surface area contributed by atoms with Crippen molar-refractivity contribution < 1.29 is 14.3 Å². The van der Waals surface area contributed by atoms with Gasteiger partial charge in [0, 0.05) is 51.0 Å². The minimum absolute atomic E-state index is 0.0574. The summed E-state index contributed by atoms with van der Waals surface area (Å²) in [6, 6.07) is 14.1. The molecule has 0 radical (unpaired) electrons. The van der Waals surface area contributed by atoms with Crippen molar-refractivity contribution in [2.75, 3.05) is 48.3 Å². The molecule has 2 aliphatic rings. The Balaban J connectivity index is 1.32. The predicted molar refractivity (Wildman–Crippen MR) is 118 cm³/mol. The van der Waals surface area contributed by atoms with Crippen LogP contribution >= 0.6 is 0 Å². The van der Waals surface area contributed by atoms with E-state index < -0.39 is 5.60 Å². The summed E-state index contributed by atoms with van der Waals surface area (Å²) in [5.41, 5.74) is 3.38. The maximum Gasteiger partial charge on any atom is 0.221 e. The number of ether oxygens (including phenoxy) is 1. The highest BCUT2D eigenvalue weighted by atomic mass is 16.5. The fraction of sp³-hybridized carbons (Fsp3) is 0.391. The summed E-state index contributed by atoms with van der Waals surface area (Å²) >= 11 is 0. The van der Waals surface area contributed by atoms with Crippen molar-refractivity contribution in [3.8, 4) is 5.75 Å². The Morgan fingerprint density at radius 1 is 1.17 bits per heavy atom. The lowest BCUT2D eigenvalue weighted by Gasteiger charge is -2.36. The molecule has 0 aromatic heterocycles. The molecule has 7 nitrogen and oxygen atoms in total. The summed E-state index contributed by atoms with van der Waals surface area (Å²) < 4.78 is 5.83. The molecule has 1 fully saturated rings. The van der Waals surface area contributed by atoms with Gasteiger partial charge in [0.2, 0.25) is 5.91 Å². The number of aldehydes is 1. The lowest BCUT2D eigenvalue weighted by atomic mass is 10.1. The van der Waals surface area contributed by atoms with Gasteiger partial charge in [0.05, 0.1) is 12.2 Å². The summed E-state index contributed by atoms with van der Waals surface area (Å²) in [6.07, 6.45) is 0.851. The molecule has 0 aliphatic carbocycles. The Hall–Kier alpha value is -3.06. The highest BCUT2D eigenvalue weighted by molar-refractivity contribution is 5.88. The number of anilines is 3. The van der Waals surface area contributed by atoms with Crippen molar-refractivity contribution in [1.29, 1.82) is 0 Å². The van der Waals surface area contributed by atoms with Crippen LogP contribution < -0.4 is 20.3 Å². The number of piperazine rings is 1. The minimum atomic E-state index is -0.800.